The highest BCUT2D eigenvalue weighted by atomic mass is 32.1. The van der Waals surface area contributed by atoms with Crippen molar-refractivity contribution in [3.8, 4) is 21.7 Å². The summed E-state index contributed by atoms with van der Waals surface area (Å²) >= 11 is 1.77. The van der Waals surface area contributed by atoms with E-state index in [-0.39, 0.29) is 0 Å². The third-order valence-corrected chi connectivity index (χ3v) is 6.03. The van der Waals surface area contributed by atoms with E-state index in [4.69, 9.17) is 5.10 Å². The molecule has 5 aromatic rings. The van der Waals surface area contributed by atoms with Gasteiger partial charge in [-0.1, -0.05) is 47.1 Å². The normalized spacial score (nSPS) is 11.3. The highest BCUT2D eigenvalue weighted by Crippen LogP contribution is 2.31. The summed E-state index contributed by atoms with van der Waals surface area (Å²) in [5.41, 5.74) is 5.89. The van der Waals surface area contributed by atoms with Gasteiger partial charge in [0.1, 0.15) is 5.52 Å². The summed E-state index contributed by atoms with van der Waals surface area (Å²) in [4.78, 5) is 1.29. The van der Waals surface area contributed by atoms with Gasteiger partial charge in [-0.05, 0) is 58.5 Å². The number of aromatic nitrogens is 2. The van der Waals surface area contributed by atoms with Crippen LogP contribution in [0.2, 0.25) is 0 Å². The van der Waals surface area contributed by atoms with E-state index in [1.165, 1.54) is 37.7 Å². The zero-order valence-electron chi connectivity index (χ0n) is 15.3. The lowest BCUT2D eigenvalue weighted by Crippen LogP contribution is -2.35. The SMILES string of the molecule is Cc1ccc(-c2cccs2)cc1-c1cc2cc3ccccc3cc2n[n+]1C. The first-order valence-electron chi connectivity index (χ1n) is 9.04. The van der Waals surface area contributed by atoms with Crippen molar-refractivity contribution in [2.45, 2.75) is 6.92 Å². The summed E-state index contributed by atoms with van der Waals surface area (Å²) in [6, 6.07) is 26.1. The molecule has 0 spiro atoms. The predicted molar refractivity (Wildman–Crippen MR) is 114 cm³/mol. The Kier molecular flexibility index (Phi) is 3.76. The lowest BCUT2D eigenvalue weighted by molar-refractivity contribution is -0.717. The van der Waals surface area contributed by atoms with E-state index in [0.717, 1.165) is 11.2 Å². The number of hydrogen-bond acceptors (Lipinski definition) is 2. The molecule has 0 unspecified atom stereocenters. The molecule has 0 bridgehead atoms. The zero-order chi connectivity index (χ0) is 18.4. The first kappa shape index (κ1) is 16.2. The van der Waals surface area contributed by atoms with Gasteiger partial charge in [0, 0.05) is 21.4 Å². The average molecular weight is 367 g/mol. The van der Waals surface area contributed by atoms with Gasteiger partial charge in [0.2, 0.25) is 5.69 Å². The van der Waals surface area contributed by atoms with Crippen LogP contribution in [0.5, 0.6) is 0 Å². The second kappa shape index (κ2) is 6.29. The van der Waals surface area contributed by atoms with Crippen molar-refractivity contribution in [3.63, 3.8) is 0 Å². The van der Waals surface area contributed by atoms with Crippen molar-refractivity contribution in [2.24, 2.45) is 7.05 Å². The lowest BCUT2D eigenvalue weighted by atomic mass is 9.99. The Labute approximate surface area is 162 Å². The van der Waals surface area contributed by atoms with E-state index in [0.29, 0.717) is 0 Å². The van der Waals surface area contributed by atoms with Crippen LogP contribution in [0.15, 0.2) is 78.2 Å². The molecular weight excluding hydrogens is 348 g/mol. The summed E-state index contributed by atoms with van der Waals surface area (Å²) in [5, 5.41) is 10.6. The van der Waals surface area contributed by atoms with Crippen LogP contribution in [0, 0.1) is 6.92 Å². The standard InChI is InChI=1S/C24H19N2S/c1-16-9-10-19(24-8-5-11-27-24)13-21(16)23-15-20-12-17-6-3-4-7-18(17)14-22(20)25-26(23)2/h3-15H,1-2H3/q+1. The van der Waals surface area contributed by atoms with Crippen LogP contribution in [0.1, 0.15) is 5.56 Å². The smallest absolute Gasteiger partial charge is 0.144 e. The molecule has 3 aromatic carbocycles. The Morgan fingerprint density at radius 2 is 1.63 bits per heavy atom. The minimum atomic E-state index is 1.02. The summed E-state index contributed by atoms with van der Waals surface area (Å²) in [6.07, 6.45) is 0. The molecule has 0 amide bonds. The van der Waals surface area contributed by atoms with E-state index in [1.54, 1.807) is 11.3 Å². The summed E-state index contributed by atoms with van der Waals surface area (Å²) in [6.45, 7) is 2.16. The minimum Gasteiger partial charge on any atom is -0.144 e. The van der Waals surface area contributed by atoms with Crippen LogP contribution in [-0.4, -0.2) is 5.10 Å². The number of fused-ring (bicyclic) bond motifs is 2. The monoisotopic (exact) mass is 367 g/mol. The number of nitrogens with zero attached hydrogens (tertiary/aromatic N) is 2. The number of rotatable bonds is 2. The van der Waals surface area contributed by atoms with Gasteiger partial charge in [0.05, 0.1) is 5.56 Å². The Morgan fingerprint density at radius 1 is 0.815 bits per heavy atom. The Hall–Kier alpha value is -3.04. The van der Waals surface area contributed by atoms with E-state index in [2.05, 4.69) is 85.1 Å². The molecule has 0 radical (unpaired) electrons. The Balaban J connectivity index is 1.74. The van der Waals surface area contributed by atoms with Gasteiger partial charge in [-0.2, -0.15) is 0 Å². The highest BCUT2D eigenvalue weighted by molar-refractivity contribution is 7.13. The Bertz CT molecular complexity index is 1290. The second-order valence-corrected chi connectivity index (χ2v) is 7.87. The molecule has 2 aromatic heterocycles. The molecular formula is C24H19N2S+. The number of benzene rings is 3. The van der Waals surface area contributed by atoms with Gasteiger partial charge in [0.15, 0.2) is 7.05 Å². The fraction of sp³-hybridized carbons (Fsp3) is 0.0833. The van der Waals surface area contributed by atoms with Gasteiger partial charge >= 0.3 is 0 Å². The number of thiophene rings is 1. The van der Waals surface area contributed by atoms with E-state index in [1.807, 2.05) is 11.7 Å². The number of hydrogen-bond donors (Lipinski definition) is 0. The van der Waals surface area contributed by atoms with Crippen molar-refractivity contribution in [1.29, 1.82) is 0 Å². The highest BCUT2D eigenvalue weighted by Gasteiger charge is 2.17. The molecule has 0 atom stereocenters. The molecule has 0 aliphatic heterocycles. The average Bonchev–Trinajstić information content (AvgIpc) is 3.21. The lowest BCUT2D eigenvalue weighted by Gasteiger charge is -2.08. The molecule has 0 fully saturated rings. The largest absolute Gasteiger partial charge is 0.239 e. The predicted octanol–water partition coefficient (Wildman–Crippen LogP) is 5.92. The van der Waals surface area contributed by atoms with E-state index in [9.17, 15) is 0 Å². The van der Waals surface area contributed by atoms with Gasteiger partial charge in [-0.3, -0.25) is 0 Å². The molecule has 0 N–H and O–H groups in total. The molecule has 27 heavy (non-hydrogen) atoms. The number of aryl methyl sites for hydroxylation is 2. The van der Waals surface area contributed by atoms with E-state index >= 15 is 0 Å². The molecule has 3 heteroatoms. The first-order valence-corrected chi connectivity index (χ1v) is 9.92. The van der Waals surface area contributed by atoms with Crippen LogP contribution < -0.4 is 4.68 Å². The van der Waals surface area contributed by atoms with Crippen molar-refractivity contribution >= 4 is 33.0 Å². The van der Waals surface area contributed by atoms with Gasteiger partial charge < -0.3 is 0 Å². The maximum absolute atomic E-state index is 4.85. The van der Waals surface area contributed by atoms with Crippen LogP contribution in [0.3, 0.4) is 0 Å². The third kappa shape index (κ3) is 2.81. The molecule has 0 aliphatic rings. The fourth-order valence-corrected chi connectivity index (χ4v) is 4.37. The molecule has 5 rings (SSSR count). The van der Waals surface area contributed by atoms with Crippen molar-refractivity contribution in [1.82, 2.24) is 5.10 Å². The zero-order valence-corrected chi connectivity index (χ0v) is 16.1. The second-order valence-electron chi connectivity index (χ2n) is 6.92. The quantitative estimate of drug-likeness (QED) is 0.280. The molecule has 130 valence electrons. The van der Waals surface area contributed by atoms with Crippen LogP contribution in [0.4, 0.5) is 0 Å². The summed E-state index contributed by atoms with van der Waals surface area (Å²) in [5.74, 6) is 0. The molecule has 0 aliphatic carbocycles. The first-order chi connectivity index (χ1) is 13.2. The molecule has 2 nitrogen and oxygen atoms in total. The van der Waals surface area contributed by atoms with E-state index < -0.39 is 0 Å². The van der Waals surface area contributed by atoms with Crippen molar-refractivity contribution in [2.75, 3.05) is 0 Å². The van der Waals surface area contributed by atoms with Gasteiger partial charge in [-0.25, -0.2) is 0 Å². The molecule has 2 heterocycles. The van der Waals surface area contributed by atoms with Gasteiger partial charge in [-0.15, -0.1) is 11.3 Å². The van der Waals surface area contributed by atoms with Crippen molar-refractivity contribution < 1.29 is 4.68 Å². The summed E-state index contributed by atoms with van der Waals surface area (Å²) in [7, 11) is 2.03. The van der Waals surface area contributed by atoms with Gasteiger partial charge in [0.25, 0.3) is 0 Å². The maximum Gasteiger partial charge on any atom is 0.239 e. The molecule has 0 saturated carbocycles. The van der Waals surface area contributed by atoms with Crippen LogP contribution in [-0.2, 0) is 7.05 Å². The van der Waals surface area contributed by atoms with Crippen molar-refractivity contribution in [3.05, 3.63) is 83.7 Å². The maximum atomic E-state index is 4.85. The topological polar surface area (TPSA) is 16.8 Å². The van der Waals surface area contributed by atoms with Crippen LogP contribution in [0.25, 0.3) is 43.4 Å². The molecule has 0 saturated heterocycles. The minimum absolute atomic E-state index is 1.02. The Morgan fingerprint density at radius 3 is 2.41 bits per heavy atom. The third-order valence-electron chi connectivity index (χ3n) is 5.11. The summed E-state index contributed by atoms with van der Waals surface area (Å²) < 4.78 is 2.00. The van der Waals surface area contributed by atoms with Crippen LogP contribution >= 0.6 is 11.3 Å². The fourth-order valence-electron chi connectivity index (χ4n) is 3.65.